The number of benzene rings is 1. The van der Waals surface area contributed by atoms with Crippen LogP contribution >= 0.6 is 0 Å². The lowest BCUT2D eigenvalue weighted by Crippen LogP contribution is -2.37. The molecule has 1 aliphatic rings. The summed E-state index contributed by atoms with van der Waals surface area (Å²) >= 11 is 0. The van der Waals surface area contributed by atoms with Crippen molar-refractivity contribution in [2.24, 2.45) is 0 Å². The predicted molar refractivity (Wildman–Crippen MR) is 90.4 cm³/mol. The molecule has 1 aromatic carbocycles. The molecule has 3 rings (SSSR count). The Labute approximate surface area is 136 Å². The Morgan fingerprint density at radius 2 is 2.00 bits per heavy atom. The zero-order valence-corrected chi connectivity index (χ0v) is 13.2. The molecule has 1 saturated heterocycles. The van der Waals surface area contributed by atoms with E-state index in [9.17, 15) is 9.90 Å². The Morgan fingerprint density at radius 3 is 2.83 bits per heavy atom. The van der Waals surface area contributed by atoms with Gasteiger partial charge in [0.25, 0.3) is 5.91 Å². The molecular formula is C18H23N3O2. The number of nitrogens with zero attached hydrogens (tertiary/aromatic N) is 2. The van der Waals surface area contributed by atoms with E-state index in [2.05, 4.69) is 15.2 Å². The van der Waals surface area contributed by atoms with E-state index in [1.165, 1.54) is 0 Å². The number of rotatable bonds is 5. The van der Waals surface area contributed by atoms with Gasteiger partial charge in [0, 0.05) is 25.0 Å². The van der Waals surface area contributed by atoms with Crippen molar-refractivity contribution in [3.63, 3.8) is 0 Å². The molecule has 0 spiro atoms. The molecule has 0 aliphatic carbocycles. The normalized spacial score (nSPS) is 16.6. The molecule has 5 nitrogen and oxygen atoms in total. The number of piperidine rings is 1. The standard InChI is InChI=1S/C18H23N3O2/c22-15-8-12-21(13-9-15)11-3-10-19-18(23)17-7-6-14-4-1-2-5-16(14)20-17/h1-2,4-7,15,22H,3,8-13H2,(H,19,23). The van der Waals surface area contributed by atoms with Crippen molar-refractivity contribution in [3.05, 3.63) is 42.1 Å². The zero-order valence-electron chi connectivity index (χ0n) is 13.2. The monoisotopic (exact) mass is 313 g/mol. The van der Waals surface area contributed by atoms with Gasteiger partial charge in [-0.1, -0.05) is 24.3 Å². The molecule has 1 aromatic heterocycles. The molecule has 23 heavy (non-hydrogen) atoms. The summed E-state index contributed by atoms with van der Waals surface area (Å²) in [4.78, 5) is 18.9. The smallest absolute Gasteiger partial charge is 0.269 e. The van der Waals surface area contributed by atoms with E-state index >= 15 is 0 Å². The molecule has 0 bridgehead atoms. The highest BCUT2D eigenvalue weighted by atomic mass is 16.3. The second-order valence-corrected chi connectivity index (χ2v) is 6.07. The summed E-state index contributed by atoms with van der Waals surface area (Å²) in [5.74, 6) is -0.121. The fraction of sp³-hybridized carbons (Fsp3) is 0.444. The number of pyridine rings is 1. The van der Waals surface area contributed by atoms with E-state index in [1.807, 2.05) is 30.3 Å². The molecule has 0 unspecified atom stereocenters. The predicted octanol–water partition coefficient (Wildman–Crippen LogP) is 1.81. The van der Waals surface area contributed by atoms with Gasteiger partial charge in [-0.15, -0.1) is 0 Å². The number of aromatic nitrogens is 1. The van der Waals surface area contributed by atoms with Crippen LogP contribution in [0.2, 0.25) is 0 Å². The average molecular weight is 313 g/mol. The second kappa shape index (κ2) is 7.53. The third-order valence-corrected chi connectivity index (χ3v) is 4.32. The fourth-order valence-corrected chi connectivity index (χ4v) is 2.93. The highest BCUT2D eigenvalue weighted by Gasteiger charge is 2.16. The molecule has 1 aliphatic heterocycles. The van der Waals surface area contributed by atoms with Gasteiger partial charge in [-0.05, 0) is 37.9 Å². The second-order valence-electron chi connectivity index (χ2n) is 6.07. The van der Waals surface area contributed by atoms with Crippen molar-refractivity contribution in [1.82, 2.24) is 15.2 Å². The van der Waals surface area contributed by atoms with Crippen LogP contribution in [0.3, 0.4) is 0 Å². The maximum Gasteiger partial charge on any atom is 0.269 e. The number of aliphatic hydroxyl groups is 1. The molecule has 1 amide bonds. The summed E-state index contributed by atoms with van der Waals surface area (Å²) in [6.07, 6.45) is 2.49. The van der Waals surface area contributed by atoms with E-state index in [0.717, 1.165) is 49.8 Å². The average Bonchev–Trinajstić information content (AvgIpc) is 2.59. The van der Waals surface area contributed by atoms with E-state index in [0.29, 0.717) is 12.2 Å². The molecule has 0 saturated carbocycles. The lowest BCUT2D eigenvalue weighted by Gasteiger charge is -2.29. The molecule has 2 N–H and O–H groups in total. The minimum atomic E-state index is -0.134. The number of nitrogens with one attached hydrogen (secondary N) is 1. The van der Waals surface area contributed by atoms with Crippen LogP contribution in [-0.4, -0.2) is 53.2 Å². The molecule has 2 aromatic rings. The van der Waals surface area contributed by atoms with Crippen molar-refractivity contribution in [2.45, 2.75) is 25.4 Å². The fourth-order valence-electron chi connectivity index (χ4n) is 2.93. The number of hydrogen-bond acceptors (Lipinski definition) is 4. The Morgan fingerprint density at radius 1 is 1.22 bits per heavy atom. The molecular weight excluding hydrogens is 290 g/mol. The SMILES string of the molecule is O=C(NCCCN1CCC(O)CC1)c1ccc2ccccc2n1. The largest absolute Gasteiger partial charge is 0.393 e. The highest BCUT2D eigenvalue weighted by Crippen LogP contribution is 2.12. The molecule has 122 valence electrons. The van der Waals surface area contributed by atoms with Gasteiger partial charge in [0.05, 0.1) is 11.6 Å². The van der Waals surface area contributed by atoms with Gasteiger partial charge < -0.3 is 15.3 Å². The van der Waals surface area contributed by atoms with Crippen LogP contribution in [0.25, 0.3) is 10.9 Å². The van der Waals surface area contributed by atoms with Gasteiger partial charge >= 0.3 is 0 Å². The van der Waals surface area contributed by atoms with Gasteiger partial charge in [0.15, 0.2) is 0 Å². The molecule has 1 fully saturated rings. The van der Waals surface area contributed by atoms with Crippen LogP contribution in [0.1, 0.15) is 29.8 Å². The maximum atomic E-state index is 12.2. The Kier molecular flexibility index (Phi) is 5.20. The highest BCUT2D eigenvalue weighted by molar-refractivity contribution is 5.94. The first-order valence-corrected chi connectivity index (χ1v) is 8.27. The number of hydrogen-bond donors (Lipinski definition) is 2. The summed E-state index contributed by atoms with van der Waals surface area (Å²) in [7, 11) is 0. The number of amides is 1. The number of carbonyl (C=O) groups is 1. The van der Waals surface area contributed by atoms with Crippen LogP contribution in [0, 0.1) is 0 Å². The zero-order chi connectivity index (χ0) is 16.1. The van der Waals surface area contributed by atoms with Crippen molar-refractivity contribution < 1.29 is 9.90 Å². The number of para-hydroxylation sites is 1. The summed E-state index contributed by atoms with van der Waals surface area (Å²) in [5.41, 5.74) is 1.30. The van der Waals surface area contributed by atoms with Crippen LogP contribution < -0.4 is 5.32 Å². The molecule has 2 heterocycles. The van der Waals surface area contributed by atoms with Gasteiger partial charge in [0.1, 0.15) is 5.69 Å². The Bertz CT molecular complexity index is 666. The topological polar surface area (TPSA) is 65.5 Å². The quantitative estimate of drug-likeness (QED) is 0.826. The van der Waals surface area contributed by atoms with Crippen LogP contribution in [0.15, 0.2) is 36.4 Å². The lowest BCUT2D eigenvalue weighted by molar-refractivity contribution is 0.0816. The first kappa shape index (κ1) is 15.9. The first-order valence-electron chi connectivity index (χ1n) is 8.27. The molecule has 5 heteroatoms. The van der Waals surface area contributed by atoms with Crippen molar-refractivity contribution in [3.8, 4) is 0 Å². The van der Waals surface area contributed by atoms with Crippen molar-refractivity contribution in [1.29, 1.82) is 0 Å². The van der Waals surface area contributed by atoms with E-state index in [4.69, 9.17) is 0 Å². The summed E-state index contributed by atoms with van der Waals surface area (Å²) < 4.78 is 0. The third kappa shape index (κ3) is 4.27. The minimum absolute atomic E-state index is 0.121. The summed E-state index contributed by atoms with van der Waals surface area (Å²) in [5, 5.41) is 13.5. The number of likely N-dealkylation sites (tertiary alicyclic amines) is 1. The molecule has 0 radical (unpaired) electrons. The van der Waals surface area contributed by atoms with Crippen LogP contribution in [-0.2, 0) is 0 Å². The number of fused-ring (bicyclic) bond motifs is 1. The van der Waals surface area contributed by atoms with E-state index in [-0.39, 0.29) is 12.0 Å². The maximum absolute atomic E-state index is 12.2. The van der Waals surface area contributed by atoms with Crippen LogP contribution in [0.4, 0.5) is 0 Å². The van der Waals surface area contributed by atoms with E-state index < -0.39 is 0 Å². The van der Waals surface area contributed by atoms with Crippen LogP contribution in [0.5, 0.6) is 0 Å². The summed E-state index contributed by atoms with van der Waals surface area (Å²) in [6.45, 7) is 3.49. The van der Waals surface area contributed by atoms with E-state index in [1.54, 1.807) is 6.07 Å². The van der Waals surface area contributed by atoms with Gasteiger partial charge in [0.2, 0.25) is 0 Å². The van der Waals surface area contributed by atoms with Gasteiger partial charge in [-0.3, -0.25) is 4.79 Å². The Hall–Kier alpha value is -1.98. The first-order chi connectivity index (χ1) is 11.2. The summed E-state index contributed by atoms with van der Waals surface area (Å²) in [6, 6.07) is 11.5. The number of aliphatic hydroxyl groups excluding tert-OH is 1. The Balaban J connectivity index is 1.45. The van der Waals surface area contributed by atoms with Crippen molar-refractivity contribution in [2.75, 3.05) is 26.2 Å². The molecule has 0 atom stereocenters. The van der Waals surface area contributed by atoms with Gasteiger partial charge in [-0.2, -0.15) is 0 Å². The minimum Gasteiger partial charge on any atom is -0.393 e. The third-order valence-electron chi connectivity index (χ3n) is 4.32. The number of carbonyl (C=O) groups excluding carboxylic acids is 1. The van der Waals surface area contributed by atoms with Gasteiger partial charge in [-0.25, -0.2) is 4.98 Å². The lowest BCUT2D eigenvalue weighted by atomic mass is 10.1. The van der Waals surface area contributed by atoms with Crippen molar-refractivity contribution >= 4 is 16.8 Å².